The lowest BCUT2D eigenvalue weighted by Gasteiger charge is -2.38. The molecule has 0 amide bonds. The Labute approximate surface area is 85.6 Å². The van der Waals surface area contributed by atoms with Crippen molar-refractivity contribution in [3.8, 4) is 0 Å². The molecule has 1 rings (SSSR count). The van der Waals surface area contributed by atoms with E-state index < -0.39 is 5.67 Å². The summed E-state index contributed by atoms with van der Waals surface area (Å²) in [6.07, 6.45) is 0.336. The van der Waals surface area contributed by atoms with Gasteiger partial charge in [-0.1, -0.05) is 13.8 Å². The van der Waals surface area contributed by atoms with E-state index in [9.17, 15) is 9.18 Å². The van der Waals surface area contributed by atoms with Crippen LogP contribution in [-0.2, 0) is 4.79 Å². The molecular weight excluding hydrogens is 181 g/mol. The van der Waals surface area contributed by atoms with Gasteiger partial charge in [-0.3, -0.25) is 4.79 Å². The molecule has 0 radical (unpaired) electrons. The Balaban J connectivity index is 0.000000791. The van der Waals surface area contributed by atoms with E-state index in [4.69, 9.17) is 0 Å². The Bertz CT molecular complexity index is 215. The topological polar surface area (TPSA) is 29.1 Å². The molecule has 0 spiro atoms. The van der Waals surface area contributed by atoms with Crippen LogP contribution in [0.1, 0.15) is 27.2 Å². The fourth-order valence-corrected chi connectivity index (χ4v) is 1.73. The number of rotatable bonds is 1. The lowest BCUT2D eigenvalue weighted by atomic mass is 9.76. The van der Waals surface area contributed by atoms with Crippen molar-refractivity contribution in [2.75, 3.05) is 13.1 Å². The summed E-state index contributed by atoms with van der Waals surface area (Å²) in [5, 5.41) is 2.95. The maximum Gasteiger partial charge on any atom is 0.181 e. The van der Waals surface area contributed by atoms with Crippen LogP contribution in [-0.4, -0.2) is 24.5 Å². The van der Waals surface area contributed by atoms with Gasteiger partial charge in [0.25, 0.3) is 0 Å². The number of carbonyl (C=O) groups excluding carboxylic acids is 1. The molecule has 1 heterocycles. The minimum absolute atomic E-state index is 0.112. The van der Waals surface area contributed by atoms with E-state index >= 15 is 0 Å². The number of alkyl halides is 1. The van der Waals surface area contributed by atoms with E-state index in [1.165, 1.54) is 6.92 Å². The monoisotopic (exact) mass is 201 g/mol. The van der Waals surface area contributed by atoms with Crippen molar-refractivity contribution in [3.63, 3.8) is 0 Å². The minimum Gasteiger partial charge on any atom is -0.313 e. The highest BCUT2D eigenvalue weighted by molar-refractivity contribution is 5.85. The third-order valence-corrected chi connectivity index (χ3v) is 2.40. The lowest BCUT2D eigenvalue weighted by Crippen LogP contribution is -2.53. The van der Waals surface area contributed by atoms with Crippen molar-refractivity contribution in [1.29, 1.82) is 0 Å². The van der Waals surface area contributed by atoms with E-state index in [2.05, 4.69) is 18.5 Å². The second-order valence-corrected chi connectivity index (χ2v) is 4.47. The maximum atomic E-state index is 13.8. The van der Waals surface area contributed by atoms with Crippen LogP contribution in [0.25, 0.3) is 0 Å². The van der Waals surface area contributed by atoms with Crippen LogP contribution in [0.5, 0.6) is 0 Å². The summed E-state index contributed by atoms with van der Waals surface area (Å²) >= 11 is 0. The molecule has 1 N–H and O–H groups in total. The number of hydrogen-bond acceptors (Lipinski definition) is 2. The number of nitrogens with one attached hydrogen (secondary N) is 1. The molecule has 1 saturated heterocycles. The van der Waals surface area contributed by atoms with Gasteiger partial charge in [0.2, 0.25) is 0 Å². The van der Waals surface area contributed by atoms with Crippen molar-refractivity contribution in [1.82, 2.24) is 5.32 Å². The smallest absolute Gasteiger partial charge is 0.181 e. The molecule has 0 aromatic rings. The molecule has 0 unspecified atom stereocenters. The molecule has 1 aliphatic rings. The Morgan fingerprint density at radius 1 is 1.36 bits per heavy atom. The number of halogens is 1. The number of hydrogen-bond donors (Lipinski definition) is 1. The van der Waals surface area contributed by atoms with Crippen molar-refractivity contribution in [2.24, 2.45) is 5.41 Å². The zero-order valence-electron chi connectivity index (χ0n) is 9.32. The molecule has 0 aromatic carbocycles. The van der Waals surface area contributed by atoms with Crippen LogP contribution in [0.4, 0.5) is 4.39 Å². The fraction of sp³-hybridized carbons (Fsp3) is 0.727. The summed E-state index contributed by atoms with van der Waals surface area (Å²) in [5.41, 5.74) is -1.75. The number of piperidine rings is 1. The third-order valence-electron chi connectivity index (χ3n) is 2.40. The quantitative estimate of drug-likeness (QED) is 0.658. The van der Waals surface area contributed by atoms with Crippen molar-refractivity contribution in [3.05, 3.63) is 13.2 Å². The highest BCUT2D eigenvalue weighted by Gasteiger charge is 2.43. The first-order valence-electron chi connectivity index (χ1n) is 4.76. The first-order chi connectivity index (χ1) is 6.36. The fourth-order valence-electron chi connectivity index (χ4n) is 1.73. The molecule has 1 aliphatic heterocycles. The number of ketones is 1. The Hall–Kier alpha value is -0.700. The summed E-state index contributed by atoms with van der Waals surface area (Å²) < 4.78 is 13.8. The number of carbonyl (C=O) groups is 1. The molecule has 3 heteroatoms. The van der Waals surface area contributed by atoms with Gasteiger partial charge in [-0.05, 0) is 18.8 Å². The third kappa shape index (κ3) is 3.22. The normalized spacial score (nSPS) is 30.0. The highest BCUT2D eigenvalue weighted by atomic mass is 19.1. The number of Topliss-reactive ketones (excluding diaryl/α,β-unsaturated/α-hetero) is 1. The Kier molecular flexibility index (Phi) is 4.46. The largest absolute Gasteiger partial charge is 0.313 e. The predicted octanol–water partition coefficient (Wildman–Crippen LogP) is 2.11. The molecule has 0 aromatic heterocycles. The molecule has 0 saturated carbocycles. The highest BCUT2D eigenvalue weighted by Crippen LogP contribution is 2.33. The van der Waals surface area contributed by atoms with Gasteiger partial charge < -0.3 is 5.32 Å². The molecule has 14 heavy (non-hydrogen) atoms. The molecule has 1 fully saturated rings. The molecular formula is C11H20FNO. The second-order valence-electron chi connectivity index (χ2n) is 4.47. The van der Waals surface area contributed by atoms with E-state index in [-0.39, 0.29) is 17.7 Å². The zero-order valence-corrected chi connectivity index (χ0v) is 9.32. The molecule has 2 nitrogen and oxygen atoms in total. The van der Waals surface area contributed by atoms with Crippen LogP contribution in [0.3, 0.4) is 0 Å². The second kappa shape index (κ2) is 4.69. The van der Waals surface area contributed by atoms with Crippen LogP contribution in [0, 0.1) is 5.41 Å². The molecule has 1 atom stereocenters. The van der Waals surface area contributed by atoms with Crippen molar-refractivity contribution in [2.45, 2.75) is 32.9 Å². The van der Waals surface area contributed by atoms with Gasteiger partial charge in [0.1, 0.15) is 0 Å². The van der Waals surface area contributed by atoms with E-state index in [0.717, 1.165) is 6.54 Å². The van der Waals surface area contributed by atoms with Gasteiger partial charge in [0, 0.05) is 13.1 Å². The average molecular weight is 201 g/mol. The van der Waals surface area contributed by atoms with Crippen molar-refractivity contribution < 1.29 is 9.18 Å². The van der Waals surface area contributed by atoms with Gasteiger partial charge in [-0.15, -0.1) is 13.2 Å². The summed E-state index contributed by atoms with van der Waals surface area (Å²) in [6, 6.07) is 0. The Morgan fingerprint density at radius 2 is 1.86 bits per heavy atom. The van der Waals surface area contributed by atoms with E-state index in [0.29, 0.717) is 6.42 Å². The standard InChI is InChI=1S/C9H16FNO.C2H4/c1-7(12)9(10)4-8(2,3)5-11-6-9;1-2/h11H,4-6H2,1-3H3;1-2H2/t9-;/m0./s1. The first-order valence-corrected chi connectivity index (χ1v) is 4.76. The van der Waals surface area contributed by atoms with Gasteiger partial charge in [0.05, 0.1) is 0 Å². The maximum absolute atomic E-state index is 13.8. The SMILES string of the molecule is C=C.CC(=O)[C@@]1(F)CNCC(C)(C)C1. The van der Waals surface area contributed by atoms with E-state index in [1.54, 1.807) is 0 Å². The lowest BCUT2D eigenvalue weighted by molar-refractivity contribution is -0.131. The summed E-state index contributed by atoms with van der Waals surface area (Å²) in [6.45, 7) is 12.2. The van der Waals surface area contributed by atoms with Crippen LogP contribution < -0.4 is 5.32 Å². The van der Waals surface area contributed by atoms with Crippen molar-refractivity contribution >= 4 is 5.78 Å². The summed E-state index contributed by atoms with van der Waals surface area (Å²) in [7, 11) is 0. The van der Waals surface area contributed by atoms with Crippen LogP contribution in [0.2, 0.25) is 0 Å². The van der Waals surface area contributed by atoms with Gasteiger partial charge >= 0.3 is 0 Å². The van der Waals surface area contributed by atoms with Crippen LogP contribution in [0.15, 0.2) is 13.2 Å². The van der Waals surface area contributed by atoms with Gasteiger partial charge in [0.15, 0.2) is 11.5 Å². The molecule has 82 valence electrons. The summed E-state index contributed by atoms with van der Waals surface area (Å²) in [5.74, 6) is -0.359. The average Bonchev–Trinajstić information content (AvgIpc) is 2.05. The van der Waals surface area contributed by atoms with Crippen LogP contribution >= 0.6 is 0 Å². The minimum atomic E-state index is -1.64. The first kappa shape index (κ1) is 13.3. The van der Waals surface area contributed by atoms with E-state index in [1.807, 2.05) is 13.8 Å². The zero-order chi connectivity index (χ0) is 11.4. The summed E-state index contributed by atoms with van der Waals surface area (Å²) in [4.78, 5) is 11.0. The van der Waals surface area contributed by atoms with Gasteiger partial charge in [-0.25, -0.2) is 4.39 Å². The van der Waals surface area contributed by atoms with Gasteiger partial charge in [-0.2, -0.15) is 0 Å². The predicted molar refractivity (Wildman–Crippen MR) is 57.0 cm³/mol. The molecule has 0 bridgehead atoms. The molecule has 0 aliphatic carbocycles. The Morgan fingerprint density at radius 3 is 2.14 bits per heavy atom.